The van der Waals surface area contributed by atoms with Crippen molar-refractivity contribution < 1.29 is 14.2 Å². The molecule has 1 N–H and O–H groups in total. The maximum absolute atomic E-state index is 5.50. The number of nitrogens with zero attached hydrogens (tertiary/aromatic N) is 3. The lowest BCUT2D eigenvalue weighted by molar-refractivity contribution is 0.0150. The number of ether oxygens (including phenoxy) is 3. The first kappa shape index (κ1) is 19.0. The van der Waals surface area contributed by atoms with Crippen LogP contribution >= 0.6 is 0 Å². The van der Waals surface area contributed by atoms with Gasteiger partial charge in [-0.1, -0.05) is 5.21 Å². The number of aromatic nitrogens is 3. The molecule has 0 aromatic carbocycles. The van der Waals surface area contributed by atoms with Crippen LogP contribution in [-0.2, 0) is 27.2 Å². The fourth-order valence-corrected chi connectivity index (χ4v) is 1.91. The SMILES string of the molecule is CCOCCOCCOCCn1cc(CCCCNC)nn1. The first-order valence-electron chi connectivity index (χ1n) is 8.13. The minimum atomic E-state index is 0.595. The molecule has 1 aromatic rings. The largest absolute Gasteiger partial charge is 0.379 e. The predicted octanol–water partition coefficient (Wildman–Crippen LogP) is 0.890. The lowest BCUT2D eigenvalue weighted by atomic mass is 10.2. The van der Waals surface area contributed by atoms with Crippen LogP contribution in [0.15, 0.2) is 6.20 Å². The monoisotopic (exact) mass is 314 g/mol. The van der Waals surface area contributed by atoms with E-state index in [0.29, 0.717) is 33.0 Å². The van der Waals surface area contributed by atoms with E-state index in [9.17, 15) is 0 Å². The third kappa shape index (κ3) is 9.83. The van der Waals surface area contributed by atoms with Crippen molar-refractivity contribution in [1.82, 2.24) is 20.3 Å². The third-order valence-corrected chi connectivity index (χ3v) is 3.11. The molecule has 1 aromatic heterocycles. The van der Waals surface area contributed by atoms with Crippen LogP contribution in [0.25, 0.3) is 0 Å². The number of nitrogens with one attached hydrogen (secondary N) is 1. The second-order valence-electron chi connectivity index (χ2n) is 4.96. The maximum atomic E-state index is 5.50. The van der Waals surface area contributed by atoms with Crippen molar-refractivity contribution in [3.63, 3.8) is 0 Å². The van der Waals surface area contributed by atoms with Crippen LogP contribution in [0.5, 0.6) is 0 Å². The molecule has 0 spiro atoms. The summed E-state index contributed by atoms with van der Waals surface area (Å²) in [4.78, 5) is 0. The molecule has 0 aliphatic carbocycles. The summed E-state index contributed by atoms with van der Waals surface area (Å²) in [6, 6.07) is 0. The highest BCUT2D eigenvalue weighted by atomic mass is 16.5. The molecule has 7 nitrogen and oxygen atoms in total. The Kier molecular flexibility index (Phi) is 11.8. The first-order valence-corrected chi connectivity index (χ1v) is 8.13. The van der Waals surface area contributed by atoms with Gasteiger partial charge in [-0.25, -0.2) is 4.68 Å². The van der Waals surface area contributed by atoms with Crippen molar-refractivity contribution in [2.24, 2.45) is 0 Å². The Hall–Kier alpha value is -1.02. The van der Waals surface area contributed by atoms with E-state index in [1.54, 1.807) is 0 Å². The van der Waals surface area contributed by atoms with Gasteiger partial charge in [-0.3, -0.25) is 0 Å². The summed E-state index contributed by atoms with van der Waals surface area (Å²) in [5.74, 6) is 0. The van der Waals surface area contributed by atoms with Gasteiger partial charge >= 0.3 is 0 Å². The van der Waals surface area contributed by atoms with E-state index in [0.717, 1.165) is 44.7 Å². The molecule has 7 heteroatoms. The molecule has 0 bridgehead atoms. The zero-order chi connectivity index (χ0) is 15.9. The van der Waals surface area contributed by atoms with E-state index in [1.807, 2.05) is 24.9 Å². The highest BCUT2D eigenvalue weighted by Crippen LogP contribution is 2.00. The molecule has 1 heterocycles. The quantitative estimate of drug-likeness (QED) is 0.485. The minimum absolute atomic E-state index is 0.595. The Morgan fingerprint density at radius 3 is 2.50 bits per heavy atom. The fraction of sp³-hybridized carbons (Fsp3) is 0.867. The summed E-state index contributed by atoms with van der Waals surface area (Å²) in [5, 5.41) is 11.4. The third-order valence-electron chi connectivity index (χ3n) is 3.11. The molecule has 22 heavy (non-hydrogen) atoms. The van der Waals surface area contributed by atoms with Gasteiger partial charge in [0.25, 0.3) is 0 Å². The highest BCUT2D eigenvalue weighted by Gasteiger charge is 2.00. The molecule has 0 aliphatic rings. The standard InChI is InChI=1S/C15H30N4O3/c1-3-20-10-11-22-13-12-21-9-8-19-14-15(17-18-19)6-4-5-7-16-2/h14,16H,3-13H2,1-2H3. The van der Waals surface area contributed by atoms with Crippen LogP contribution in [-0.4, -0.2) is 68.2 Å². The van der Waals surface area contributed by atoms with Crippen molar-refractivity contribution in [2.75, 3.05) is 53.2 Å². The smallest absolute Gasteiger partial charge is 0.0827 e. The predicted molar refractivity (Wildman–Crippen MR) is 85.0 cm³/mol. The molecule has 0 amide bonds. The molecular weight excluding hydrogens is 284 g/mol. The number of hydrogen-bond donors (Lipinski definition) is 1. The summed E-state index contributed by atoms with van der Waals surface area (Å²) < 4.78 is 17.9. The lowest BCUT2D eigenvalue weighted by Crippen LogP contribution is -2.12. The van der Waals surface area contributed by atoms with Crippen molar-refractivity contribution >= 4 is 0 Å². The van der Waals surface area contributed by atoms with Gasteiger partial charge in [0, 0.05) is 12.8 Å². The van der Waals surface area contributed by atoms with Crippen LogP contribution in [0, 0.1) is 0 Å². The highest BCUT2D eigenvalue weighted by molar-refractivity contribution is 4.92. The van der Waals surface area contributed by atoms with Gasteiger partial charge < -0.3 is 19.5 Å². The summed E-state index contributed by atoms with van der Waals surface area (Å²) in [6.45, 7) is 7.56. The van der Waals surface area contributed by atoms with Crippen molar-refractivity contribution in [3.8, 4) is 0 Å². The minimum Gasteiger partial charge on any atom is -0.379 e. The molecule has 128 valence electrons. The van der Waals surface area contributed by atoms with Crippen molar-refractivity contribution in [3.05, 3.63) is 11.9 Å². The number of hydrogen-bond acceptors (Lipinski definition) is 6. The zero-order valence-corrected chi connectivity index (χ0v) is 13.9. The maximum Gasteiger partial charge on any atom is 0.0827 e. The first-order chi connectivity index (χ1) is 10.9. The molecule has 1 rings (SSSR count). The van der Waals surface area contributed by atoms with Gasteiger partial charge in [0.15, 0.2) is 0 Å². The lowest BCUT2D eigenvalue weighted by Gasteiger charge is -2.05. The van der Waals surface area contributed by atoms with E-state index in [1.165, 1.54) is 0 Å². The van der Waals surface area contributed by atoms with E-state index >= 15 is 0 Å². The topological polar surface area (TPSA) is 70.4 Å². The van der Waals surface area contributed by atoms with Gasteiger partial charge in [-0.2, -0.15) is 0 Å². The molecular formula is C15H30N4O3. The summed E-state index contributed by atoms with van der Waals surface area (Å²) >= 11 is 0. The van der Waals surface area contributed by atoms with Crippen molar-refractivity contribution in [2.45, 2.75) is 32.7 Å². The molecule has 0 saturated carbocycles. The van der Waals surface area contributed by atoms with Crippen LogP contribution in [0.4, 0.5) is 0 Å². The normalized spacial score (nSPS) is 11.2. The van der Waals surface area contributed by atoms with E-state index < -0.39 is 0 Å². The van der Waals surface area contributed by atoms with Crippen LogP contribution < -0.4 is 5.32 Å². The molecule has 0 radical (unpaired) electrons. The Bertz CT molecular complexity index is 360. The van der Waals surface area contributed by atoms with Gasteiger partial charge in [0.05, 0.1) is 45.3 Å². The van der Waals surface area contributed by atoms with E-state index in [2.05, 4.69) is 15.6 Å². The summed E-state index contributed by atoms with van der Waals surface area (Å²) in [5.41, 5.74) is 1.05. The Morgan fingerprint density at radius 1 is 1.05 bits per heavy atom. The number of unbranched alkanes of at least 4 members (excludes halogenated alkanes) is 1. The molecule has 0 aliphatic heterocycles. The van der Waals surface area contributed by atoms with Crippen LogP contribution in [0.1, 0.15) is 25.5 Å². The second-order valence-corrected chi connectivity index (χ2v) is 4.96. The summed E-state index contributed by atoms with van der Waals surface area (Å²) in [7, 11) is 1.97. The van der Waals surface area contributed by atoms with Crippen molar-refractivity contribution in [1.29, 1.82) is 0 Å². The van der Waals surface area contributed by atoms with Crippen LogP contribution in [0.3, 0.4) is 0 Å². The average molecular weight is 314 g/mol. The fourth-order valence-electron chi connectivity index (χ4n) is 1.91. The molecule has 0 saturated heterocycles. The molecule has 0 atom stereocenters. The van der Waals surface area contributed by atoms with E-state index in [4.69, 9.17) is 14.2 Å². The van der Waals surface area contributed by atoms with Crippen LogP contribution in [0.2, 0.25) is 0 Å². The Morgan fingerprint density at radius 2 is 1.77 bits per heavy atom. The van der Waals surface area contributed by atoms with Gasteiger partial charge in [0.2, 0.25) is 0 Å². The number of rotatable bonds is 15. The zero-order valence-electron chi connectivity index (χ0n) is 13.9. The van der Waals surface area contributed by atoms with Gasteiger partial charge in [0.1, 0.15) is 0 Å². The average Bonchev–Trinajstić information content (AvgIpc) is 2.98. The van der Waals surface area contributed by atoms with E-state index in [-0.39, 0.29) is 0 Å². The summed E-state index contributed by atoms with van der Waals surface area (Å²) in [6.07, 6.45) is 5.28. The number of aryl methyl sites for hydroxylation is 1. The molecule has 0 fully saturated rings. The molecule has 0 unspecified atom stereocenters. The second kappa shape index (κ2) is 13.6. The van der Waals surface area contributed by atoms with Gasteiger partial charge in [-0.05, 0) is 39.8 Å². The Balaban J connectivity index is 1.95. The van der Waals surface area contributed by atoms with Gasteiger partial charge in [-0.15, -0.1) is 5.10 Å². The Labute approximate surface area is 133 Å².